The Bertz CT molecular complexity index is 608. The fourth-order valence-electron chi connectivity index (χ4n) is 2.73. The van der Waals surface area contributed by atoms with Crippen LogP contribution in [0.25, 0.3) is 11.0 Å². The molecule has 2 N–H and O–H groups in total. The molecule has 1 aromatic heterocycles. The number of hydrogen-bond acceptors (Lipinski definition) is 3. The average molecular weight is 247 g/mol. The third kappa shape index (κ3) is 1.71. The lowest BCUT2D eigenvalue weighted by Gasteiger charge is -2.24. The number of para-hydroxylation sites is 1. The predicted octanol–water partition coefficient (Wildman–Crippen LogP) is 1.26. The monoisotopic (exact) mass is 247 g/mol. The zero-order chi connectivity index (χ0) is 12.5. The number of hydrogen-bond donors (Lipinski definition) is 2. The highest BCUT2D eigenvalue weighted by molar-refractivity contribution is 5.82. The summed E-state index contributed by atoms with van der Waals surface area (Å²) in [6, 6.07) is 5.96. The van der Waals surface area contributed by atoms with E-state index in [9.17, 15) is 4.79 Å². The van der Waals surface area contributed by atoms with Gasteiger partial charge in [0.25, 0.3) is 0 Å². The second-order valence-electron chi connectivity index (χ2n) is 4.64. The van der Waals surface area contributed by atoms with Crippen LogP contribution < -0.4 is 15.7 Å². The molecule has 0 unspecified atom stereocenters. The van der Waals surface area contributed by atoms with Crippen molar-refractivity contribution in [3.05, 3.63) is 28.7 Å². The van der Waals surface area contributed by atoms with Gasteiger partial charge >= 0.3 is 5.69 Å². The van der Waals surface area contributed by atoms with Crippen molar-refractivity contribution in [1.82, 2.24) is 14.9 Å². The molecule has 0 atom stereocenters. The van der Waals surface area contributed by atoms with Gasteiger partial charge in [0.05, 0.1) is 12.6 Å². The van der Waals surface area contributed by atoms with E-state index in [4.69, 9.17) is 4.74 Å². The summed E-state index contributed by atoms with van der Waals surface area (Å²) in [7, 11) is 1.64. The first-order valence-electron chi connectivity index (χ1n) is 6.29. The molecule has 5 nitrogen and oxygen atoms in total. The maximum absolute atomic E-state index is 12.1. The topological polar surface area (TPSA) is 59.1 Å². The minimum atomic E-state index is -0.0404. The van der Waals surface area contributed by atoms with Crippen LogP contribution in [-0.4, -0.2) is 29.8 Å². The minimum Gasteiger partial charge on any atom is -0.494 e. The third-order valence-electron chi connectivity index (χ3n) is 3.59. The maximum atomic E-state index is 12.1. The highest BCUT2D eigenvalue weighted by Gasteiger charge is 2.21. The first-order valence-corrected chi connectivity index (χ1v) is 6.29. The summed E-state index contributed by atoms with van der Waals surface area (Å²) in [6.07, 6.45) is 1.95. The summed E-state index contributed by atoms with van der Waals surface area (Å²) in [5.74, 6) is 0.754. The van der Waals surface area contributed by atoms with Crippen LogP contribution in [0.4, 0.5) is 0 Å². The van der Waals surface area contributed by atoms with Crippen molar-refractivity contribution in [1.29, 1.82) is 0 Å². The quantitative estimate of drug-likeness (QED) is 0.840. The van der Waals surface area contributed by atoms with E-state index in [1.807, 2.05) is 22.8 Å². The smallest absolute Gasteiger partial charge is 0.326 e. The molecule has 2 aromatic rings. The largest absolute Gasteiger partial charge is 0.494 e. The standard InChI is InChI=1S/C13H17N3O2/c1-18-11-4-2-3-10-12(11)16(13(17)15-10)9-5-7-14-8-6-9/h2-4,9,14H,5-8H2,1H3,(H,15,17). The van der Waals surface area contributed by atoms with Crippen LogP contribution in [0.5, 0.6) is 5.75 Å². The molecule has 1 aliphatic rings. The third-order valence-corrected chi connectivity index (χ3v) is 3.59. The highest BCUT2D eigenvalue weighted by Crippen LogP contribution is 2.28. The van der Waals surface area contributed by atoms with Gasteiger partial charge in [-0.15, -0.1) is 0 Å². The molecule has 1 aromatic carbocycles. The number of nitrogens with one attached hydrogen (secondary N) is 2. The van der Waals surface area contributed by atoms with E-state index >= 15 is 0 Å². The molecule has 0 bridgehead atoms. The van der Waals surface area contributed by atoms with Gasteiger partial charge in [0.1, 0.15) is 11.3 Å². The van der Waals surface area contributed by atoms with E-state index < -0.39 is 0 Å². The Morgan fingerprint density at radius 3 is 2.83 bits per heavy atom. The van der Waals surface area contributed by atoms with E-state index in [1.165, 1.54) is 0 Å². The van der Waals surface area contributed by atoms with Crippen LogP contribution in [0.15, 0.2) is 23.0 Å². The Hall–Kier alpha value is -1.75. The van der Waals surface area contributed by atoms with E-state index in [0.717, 1.165) is 42.7 Å². The summed E-state index contributed by atoms with van der Waals surface area (Å²) in [5.41, 5.74) is 1.69. The second-order valence-corrected chi connectivity index (χ2v) is 4.64. The molecule has 5 heteroatoms. The van der Waals surface area contributed by atoms with Crippen LogP contribution in [0.1, 0.15) is 18.9 Å². The SMILES string of the molecule is COc1cccc2[nH]c(=O)n(C3CCNCC3)c12. The number of piperidine rings is 1. The molecular weight excluding hydrogens is 230 g/mol. The second kappa shape index (κ2) is 4.49. The van der Waals surface area contributed by atoms with Crippen molar-refractivity contribution in [2.24, 2.45) is 0 Å². The van der Waals surface area contributed by atoms with Gasteiger partial charge in [0.2, 0.25) is 0 Å². The molecule has 1 saturated heterocycles. The lowest BCUT2D eigenvalue weighted by Crippen LogP contribution is -2.33. The lowest BCUT2D eigenvalue weighted by molar-refractivity contribution is 0.363. The molecule has 1 fully saturated rings. The molecule has 96 valence electrons. The van der Waals surface area contributed by atoms with Crippen LogP contribution in [0.2, 0.25) is 0 Å². The molecule has 0 amide bonds. The predicted molar refractivity (Wildman–Crippen MR) is 70.3 cm³/mol. The van der Waals surface area contributed by atoms with Gasteiger partial charge < -0.3 is 15.0 Å². The van der Waals surface area contributed by atoms with Crippen molar-refractivity contribution in [2.75, 3.05) is 20.2 Å². The first kappa shape index (κ1) is 11.3. The van der Waals surface area contributed by atoms with Gasteiger partial charge in [-0.1, -0.05) is 6.07 Å². The molecule has 3 rings (SSSR count). The first-order chi connectivity index (χ1) is 8.81. The fourth-order valence-corrected chi connectivity index (χ4v) is 2.73. The van der Waals surface area contributed by atoms with E-state index in [1.54, 1.807) is 7.11 Å². The molecular formula is C13H17N3O2. The van der Waals surface area contributed by atoms with Crippen LogP contribution in [0.3, 0.4) is 0 Å². The maximum Gasteiger partial charge on any atom is 0.326 e. The highest BCUT2D eigenvalue weighted by atomic mass is 16.5. The van der Waals surface area contributed by atoms with Crippen molar-refractivity contribution in [3.63, 3.8) is 0 Å². The number of nitrogens with zero attached hydrogens (tertiary/aromatic N) is 1. The lowest BCUT2D eigenvalue weighted by atomic mass is 10.1. The van der Waals surface area contributed by atoms with Gasteiger partial charge in [-0.2, -0.15) is 0 Å². The number of benzene rings is 1. The number of ether oxygens (including phenoxy) is 1. The molecule has 0 aliphatic carbocycles. The minimum absolute atomic E-state index is 0.0404. The fraction of sp³-hybridized carbons (Fsp3) is 0.462. The number of imidazole rings is 1. The Labute approximate surface area is 105 Å². The number of methoxy groups -OCH3 is 1. The number of fused-ring (bicyclic) bond motifs is 1. The zero-order valence-corrected chi connectivity index (χ0v) is 10.4. The van der Waals surface area contributed by atoms with Gasteiger partial charge in [-0.25, -0.2) is 4.79 Å². The number of aromatic nitrogens is 2. The Kier molecular flexibility index (Phi) is 2.83. The Balaban J connectivity index is 2.20. The number of aromatic amines is 1. The molecule has 18 heavy (non-hydrogen) atoms. The van der Waals surface area contributed by atoms with Gasteiger partial charge in [-0.3, -0.25) is 4.57 Å². The van der Waals surface area contributed by atoms with Gasteiger partial charge in [0, 0.05) is 6.04 Å². The summed E-state index contributed by atoms with van der Waals surface area (Å²) in [5, 5.41) is 3.32. The number of H-pyrrole nitrogens is 1. The normalized spacial score (nSPS) is 17.2. The molecule has 0 radical (unpaired) electrons. The Morgan fingerprint density at radius 1 is 1.33 bits per heavy atom. The van der Waals surface area contributed by atoms with Crippen LogP contribution >= 0.6 is 0 Å². The summed E-state index contributed by atoms with van der Waals surface area (Å²) >= 11 is 0. The van der Waals surface area contributed by atoms with E-state index in [-0.39, 0.29) is 11.7 Å². The molecule has 1 aliphatic heterocycles. The van der Waals surface area contributed by atoms with Gasteiger partial charge in [0.15, 0.2) is 0 Å². The average Bonchev–Trinajstić information content (AvgIpc) is 2.75. The Morgan fingerprint density at radius 2 is 2.11 bits per heavy atom. The van der Waals surface area contributed by atoms with Crippen molar-refractivity contribution < 1.29 is 4.74 Å². The summed E-state index contributed by atoms with van der Waals surface area (Å²) < 4.78 is 7.23. The van der Waals surface area contributed by atoms with Gasteiger partial charge in [-0.05, 0) is 38.1 Å². The van der Waals surface area contributed by atoms with E-state index in [0.29, 0.717) is 0 Å². The molecule has 0 saturated carbocycles. The summed E-state index contributed by atoms with van der Waals surface area (Å²) in [4.78, 5) is 15.0. The number of rotatable bonds is 2. The van der Waals surface area contributed by atoms with Crippen LogP contribution in [-0.2, 0) is 0 Å². The molecule has 2 heterocycles. The van der Waals surface area contributed by atoms with Crippen molar-refractivity contribution in [3.8, 4) is 5.75 Å². The van der Waals surface area contributed by atoms with Crippen LogP contribution in [0, 0.1) is 0 Å². The molecule has 0 spiro atoms. The van der Waals surface area contributed by atoms with Crippen molar-refractivity contribution in [2.45, 2.75) is 18.9 Å². The van der Waals surface area contributed by atoms with Crippen molar-refractivity contribution >= 4 is 11.0 Å². The van der Waals surface area contributed by atoms with E-state index in [2.05, 4.69) is 10.3 Å². The summed E-state index contributed by atoms with van der Waals surface area (Å²) in [6.45, 7) is 1.91. The zero-order valence-electron chi connectivity index (χ0n) is 10.4.